The first-order chi connectivity index (χ1) is 11.0. The fraction of sp³-hybridized carbons (Fsp3) is 0.400. The third-order valence-electron chi connectivity index (χ3n) is 3.06. The van der Waals surface area contributed by atoms with E-state index < -0.39 is 0 Å². The molecular weight excluding hydrogens is 353 g/mol. The van der Waals surface area contributed by atoms with Crippen molar-refractivity contribution in [1.82, 2.24) is 15.1 Å². The molecule has 1 aromatic heterocycles. The van der Waals surface area contributed by atoms with E-state index in [0.29, 0.717) is 15.4 Å². The van der Waals surface area contributed by atoms with E-state index in [1.54, 1.807) is 16.8 Å². The fourth-order valence-corrected chi connectivity index (χ4v) is 4.19. The number of hydrogen-bond acceptors (Lipinski definition) is 5. The molecule has 0 bridgehead atoms. The van der Waals surface area contributed by atoms with Crippen LogP contribution >= 0.6 is 35.3 Å². The molecule has 23 heavy (non-hydrogen) atoms. The highest BCUT2D eigenvalue weighted by molar-refractivity contribution is 8.01. The van der Waals surface area contributed by atoms with Gasteiger partial charge in [0, 0.05) is 6.04 Å². The van der Waals surface area contributed by atoms with Gasteiger partial charge in [-0.1, -0.05) is 36.4 Å². The molecule has 1 unspecified atom stereocenters. The van der Waals surface area contributed by atoms with Crippen LogP contribution in [0.3, 0.4) is 0 Å². The molecule has 0 saturated carbocycles. The Kier molecular flexibility index (Phi) is 6.73. The molecule has 0 fully saturated rings. The van der Waals surface area contributed by atoms with Crippen molar-refractivity contribution in [1.29, 1.82) is 0 Å². The Labute approximate surface area is 148 Å². The van der Waals surface area contributed by atoms with Gasteiger partial charge in [0.2, 0.25) is 5.91 Å². The second-order valence-electron chi connectivity index (χ2n) is 5.07. The van der Waals surface area contributed by atoms with Gasteiger partial charge in [-0.15, -0.1) is 5.10 Å². The Morgan fingerprint density at radius 3 is 2.83 bits per heavy atom. The number of amides is 1. The lowest BCUT2D eigenvalue weighted by atomic mass is 10.2. The van der Waals surface area contributed by atoms with Crippen LogP contribution in [0.2, 0.25) is 0 Å². The van der Waals surface area contributed by atoms with Crippen molar-refractivity contribution in [3.05, 3.63) is 34.0 Å². The first-order valence-corrected chi connectivity index (χ1v) is 9.49. The molecule has 0 aliphatic heterocycles. The first kappa shape index (κ1) is 18.1. The lowest BCUT2D eigenvalue weighted by Gasteiger charge is -2.11. The van der Waals surface area contributed by atoms with Crippen LogP contribution in [0.25, 0.3) is 5.69 Å². The van der Waals surface area contributed by atoms with Gasteiger partial charge in [-0.25, -0.2) is 9.07 Å². The van der Waals surface area contributed by atoms with Crippen LogP contribution in [0, 0.1) is 9.77 Å². The van der Waals surface area contributed by atoms with Crippen LogP contribution in [0.15, 0.2) is 28.6 Å². The number of halogens is 1. The van der Waals surface area contributed by atoms with Crippen molar-refractivity contribution >= 4 is 41.2 Å². The molecule has 1 aromatic carbocycles. The van der Waals surface area contributed by atoms with Crippen LogP contribution in [0.5, 0.6) is 0 Å². The number of rotatable bonds is 7. The standard InChI is InChI=1S/C15H18FN3OS3/c1-3-4-10(2)17-13(20)9-22-14-18-19(15(21)23-14)12-7-5-11(16)6-8-12/h5-8,10H,3-4,9H2,1-2H3,(H,17,20). The molecule has 0 spiro atoms. The minimum Gasteiger partial charge on any atom is -0.353 e. The van der Waals surface area contributed by atoms with Gasteiger partial charge in [-0.2, -0.15) is 0 Å². The average molecular weight is 372 g/mol. The van der Waals surface area contributed by atoms with Gasteiger partial charge in [0.15, 0.2) is 8.29 Å². The Bertz CT molecular complexity index is 712. The maximum Gasteiger partial charge on any atom is 0.230 e. The van der Waals surface area contributed by atoms with E-state index in [1.807, 2.05) is 6.92 Å². The molecular formula is C15H18FN3OS3. The van der Waals surface area contributed by atoms with Crippen molar-refractivity contribution in [2.24, 2.45) is 0 Å². The van der Waals surface area contributed by atoms with E-state index in [4.69, 9.17) is 12.2 Å². The van der Waals surface area contributed by atoms with Crippen molar-refractivity contribution < 1.29 is 9.18 Å². The summed E-state index contributed by atoms with van der Waals surface area (Å²) < 4.78 is 15.8. The van der Waals surface area contributed by atoms with Gasteiger partial charge in [0.1, 0.15) is 5.82 Å². The number of nitrogens with zero attached hydrogens (tertiary/aromatic N) is 2. The van der Waals surface area contributed by atoms with Crippen LogP contribution in [-0.2, 0) is 4.79 Å². The quantitative estimate of drug-likeness (QED) is 0.585. The molecule has 1 amide bonds. The van der Waals surface area contributed by atoms with Gasteiger partial charge in [0.25, 0.3) is 0 Å². The van der Waals surface area contributed by atoms with Crippen LogP contribution in [0.4, 0.5) is 4.39 Å². The highest BCUT2D eigenvalue weighted by atomic mass is 32.2. The van der Waals surface area contributed by atoms with E-state index in [2.05, 4.69) is 17.3 Å². The molecule has 2 aromatic rings. The van der Waals surface area contributed by atoms with Gasteiger partial charge in [-0.05, 0) is 49.8 Å². The summed E-state index contributed by atoms with van der Waals surface area (Å²) in [6.45, 7) is 4.09. The molecule has 4 nitrogen and oxygen atoms in total. The number of carbonyl (C=O) groups is 1. The number of aromatic nitrogens is 2. The van der Waals surface area contributed by atoms with Gasteiger partial charge >= 0.3 is 0 Å². The topological polar surface area (TPSA) is 46.9 Å². The molecule has 1 N–H and O–H groups in total. The molecule has 2 rings (SSSR count). The van der Waals surface area contributed by atoms with Crippen LogP contribution < -0.4 is 5.32 Å². The highest BCUT2D eigenvalue weighted by Crippen LogP contribution is 2.24. The maximum atomic E-state index is 13.0. The third kappa shape index (κ3) is 5.40. The van der Waals surface area contributed by atoms with Crippen LogP contribution in [-0.4, -0.2) is 27.5 Å². The number of carbonyl (C=O) groups excluding carboxylic acids is 1. The lowest BCUT2D eigenvalue weighted by molar-refractivity contribution is -0.119. The summed E-state index contributed by atoms with van der Waals surface area (Å²) in [5.74, 6) is -0.00638. The predicted molar refractivity (Wildman–Crippen MR) is 95.5 cm³/mol. The molecule has 124 valence electrons. The normalized spacial score (nSPS) is 12.1. The lowest BCUT2D eigenvalue weighted by Crippen LogP contribution is -2.33. The Morgan fingerprint density at radius 1 is 1.48 bits per heavy atom. The number of nitrogens with one attached hydrogen (secondary N) is 1. The number of benzene rings is 1. The van der Waals surface area contributed by atoms with Crippen molar-refractivity contribution in [3.8, 4) is 5.69 Å². The second kappa shape index (κ2) is 8.56. The smallest absolute Gasteiger partial charge is 0.230 e. The number of thioether (sulfide) groups is 1. The fourth-order valence-electron chi connectivity index (χ4n) is 2.01. The molecule has 0 radical (unpaired) electrons. The Morgan fingerprint density at radius 2 is 2.17 bits per heavy atom. The zero-order chi connectivity index (χ0) is 16.8. The monoisotopic (exact) mass is 371 g/mol. The molecule has 8 heteroatoms. The summed E-state index contributed by atoms with van der Waals surface area (Å²) >= 11 is 7.98. The second-order valence-corrected chi connectivity index (χ2v) is 7.91. The van der Waals surface area contributed by atoms with E-state index in [1.165, 1.54) is 35.2 Å². The van der Waals surface area contributed by atoms with Crippen molar-refractivity contribution in [2.75, 3.05) is 5.75 Å². The Balaban J connectivity index is 1.97. The summed E-state index contributed by atoms with van der Waals surface area (Å²) in [5, 5.41) is 7.34. The molecule has 0 aliphatic rings. The average Bonchev–Trinajstić information content (AvgIpc) is 2.87. The SMILES string of the molecule is CCCC(C)NC(=O)CSc1nn(-c2ccc(F)cc2)c(=S)s1. The van der Waals surface area contributed by atoms with Crippen molar-refractivity contribution in [2.45, 2.75) is 37.1 Å². The summed E-state index contributed by atoms with van der Waals surface area (Å²) in [5.41, 5.74) is 0.709. The first-order valence-electron chi connectivity index (χ1n) is 7.28. The van der Waals surface area contributed by atoms with E-state index in [-0.39, 0.29) is 17.8 Å². The Hall–Kier alpha value is -1.25. The summed E-state index contributed by atoms with van der Waals surface area (Å²) in [6.07, 6.45) is 2.01. The maximum absolute atomic E-state index is 13.0. The van der Waals surface area contributed by atoms with Gasteiger partial charge < -0.3 is 5.32 Å². The van der Waals surface area contributed by atoms with Crippen molar-refractivity contribution in [3.63, 3.8) is 0 Å². The molecule has 0 aliphatic carbocycles. The van der Waals surface area contributed by atoms with Gasteiger partial charge in [-0.3, -0.25) is 4.79 Å². The summed E-state index contributed by atoms with van der Waals surface area (Å²) in [4.78, 5) is 11.9. The highest BCUT2D eigenvalue weighted by Gasteiger charge is 2.11. The van der Waals surface area contributed by atoms with E-state index >= 15 is 0 Å². The van der Waals surface area contributed by atoms with Crippen LogP contribution in [0.1, 0.15) is 26.7 Å². The molecule has 1 heterocycles. The molecule has 1 atom stereocenters. The minimum atomic E-state index is -0.303. The third-order valence-corrected chi connectivity index (χ3v) is 5.42. The summed E-state index contributed by atoms with van der Waals surface area (Å²) in [7, 11) is 0. The zero-order valence-corrected chi connectivity index (χ0v) is 15.4. The minimum absolute atomic E-state index is 0.00889. The molecule has 0 saturated heterocycles. The van der Waals surface area contributed by atoms with E-state index in [0.717, 1.165) is 17.2 Å². The number of hydrogen-bond donors (Lipinski definition) is 1. The largest absolute Gasteiger partial charge is 0.353 e. The summed E-state index contributed by atoms with van der Waals surface area (Å²) in [6, 6.07) is 6.16. The van der Waals surface area contributed by atoms with Gasteiger partial charge in [0.05, 0.1) is 11.4 Å². The zero-order valence-electron chi connectivity index (χ0n) is 12.9. The van der Waals surface area contributed by atoms with E-state index in [9.17, 15) is 9.18 Å². The predicted octanol–water partition coefficient (Wildman–Crippen LogP) is 4.20.